The Labute approximate surface area is 173 Å². The molecule has 4 nitrogen and oxygen atoms in total. The van der Waals surface area contributed by atoms with Gasteiger partial charge in [-0.3, -0.25) is 0 Å². The molecule has 3 aromatic rings. The van der Waals surface area contributed by atoms with Gasteiger partial charge in [0.25, 0.3) is 6.43 Å². The van der Waals surface area contributed by atoms with E-state index in [1.807, 2.05) is 30.3 Å². The van der Waals surface area contributed by atoms with Crippen molar-refractivity contribution >= 4 is 0 Å². The third-order valence-corrected chi connectivity index (χ3v) is 6.45. The molecule has 1 saturated carbocycles. The molecule has 0 amide bonds. The van der Waals surface area contributed by atoms with E-state index in [4.69, 9.17) is 9.47 Å². The number of alkyl halides is 2. The molecule has 3 atom stereocenters. The number of pyridine rings is 1. The summed E-state index contributed by atoms with van der Waals surface area (Å²) in [5, 5.41) is 12.1. The fourth-order valence-corrected chi connectivity index (χ4v) is 5.18. The van der Waals surface area contributed by atoms with Crippen LogP contribution in [0.3, 0.4) is 0 Å². The maximum Gasteiger partial charge on any atom is 0.263 e. The van der Waals surface area contributed by atoms with Crippen molar-refractivity contribution in [1.82, 2.24) is 4.98 Å². The van der Waals surface area contributed by atoms with Crippen LogP contribution in [0, 0.1) is 0 Å². The van der Waals surface area contributed by atoms with Crippen LogP contribution in [0.15, 0.2) is 66.9 Å². The molecule has 2 aromatic carbocycles. The zero-order valence-electron chi connectivity index (χ0n) is 16.4. The monoisotopic (exact) mass is 409 g/mol. The molecule has 0 saturated heterocycles. The average Bonchev–Trinajstić information content (AvgIpc) is 3.21. The number of aliphatic hydroxyl groups is 1. The quantitative estimate of drug-likeness (QED) is 0.653. The highest BCUT2D eigenvalue weighted by molar-refractivity contribution is 5.56. The number of rotatable bonds is 4. The van der Waals surface area contributed by atoms with E-state index in [0.29, 0.717) is 35.6 Å². The van der Waals surface area contributed by atoms with Crippen molar-refractivity contribution in [3.63, 3.8) is 0 Å². The van der Waals surface area contributed by atoms with Crippen molar-refractivity contribution < 1.29 is 23.4 Å². The molecule has 1 aliphatic carbocycles. The number of nitrogens with zero attached hydrogens (tertiary/aromatic N) is 1. The molecule has 0 bridgehead atoms. The Bertz CT molecular complexity index is 1070. The highest BCUT2D eigenvalue weighted by Crippen LogP contribution is 2.67. The van der Waals surface area contributed by atoms with E-state index in [-0.39, 0.29) is 11.5 Å². The first kappa shape index (κ1) is 19.0. The molecule has 1 fully saturated rings. The summed E-state index contributed by atoms with van der Waals surface area (Å²) in [6, 6.07) is 17.6. The lowest BCUT2D eigenvalue weighted by atomic mass is 9.72. The minimum absolute atomic E-state index is 0.0669. The van der Waals surface area contributed by atoms with Crippen molar-refractivity contribution in [2.45, 2.75) is 36.4 Å². The van der Waals surface area contributed by atoms with Crippen LogP contribution in [0.4, 0.5) is 8.78 Å². The van der Waals surface area contributed by atoms with Gasteiger partial charge in [0.1, 0.15) is 11.4 Å². The lowest BCUT2D eigenvalue weighted by Crippen LogP contribution is -2.48. The predicted octanol–water partition coefficient (Wildman–Crippen LogP) is 5.08. The smallest absolute Gasteiger partial charge is 0.263 e. The van der Waals surface area contributed by atoms with E-state index in [1.54, 1.807) is 24.4 Å². The van der Waals surface area contributed by atoms with Gasteiger partial charge in [-0.05, 0) is 30.0 Å². The molecule has 6 heteroatoms. The molecule has 1 aromatic heterocycles. The Hall–Kier alpha value is -2.99. The molecule has 2 aliphatic rings. The fourth-order valence-electron chi connectivity index (χ4n) is 5.18. The van der Waals surface area contributed by atoms with Crippen molar-refractivity contribution in [3.8, 4) is 11.6 Å². The van der Waals surface area contributed by atoms with Gasteiger partial charge in [-0.1, -0.05) is 54.6 Å². The summed E-state index contributed by atoms with van der Waals surface area (Å²) >= 11 is 0. The Morgan fingerprint density at radius 3 is 2.50 bits per heavy atom. The van der Waals surface area contributed by atoms with Gasteiger partial charge < -0.3 is 14.6 Å². The summed E-state index contributed by atoms with van der Waals surface area (Å²) in [7, 11) is 1.51. The minimum Gasteiger partial charge on any atom is -0.481 e. The summed E-state index contributed by atoms with van der Waals surface area (Å²) in [5.74, 6) is 0.635. The molecule has 1 aliphatic heterocycles. The van der Waals surface area contributed by atoms with Crippen LogP contribution in [0.5, 0.6) is 11.6 Å². The van der Waals surface area contributed by atoms with E-state index in [2.05, 4.69) is 4.98 Å². The maximum absolute atomic E-state index is 13.2. The van der Waals surface area contributed by atoms with Gasteiger partial charge >= 0.3 is 0 Å². The van der Waals surface area contributed by atoms with Crippen LogP contribution >= 0.6 is 0 Å². The van der Waals surface area contributed by atoms with Crippen LogP contribution in [0.2, 0.25) is 0 Å². The van der Waals surface area contributed by atoms with Crippen LogP contribution in [0.25, 0.3) is 0 Å². The SMILES string of the molecule is COc1nccc2c1C1(O)CCC(c3ccccc3)C1(c1ccc(C(F)F)cc1)O2. The molecule has 1 N–H and O–H groups in total. The van der Waals surface area contributed by atoms with E-state index in [0.717, 1.165) is 5.56 Å². The van der Waals surface area contributed by atoms with E-state index >= 15 is 0 Å². The van der Waals surface area contributed by atoms with Crippen LogP contribution in [0.1, 0.15) is 47.4 Å². The Kier molecular flexibility index (Phi) is 4.29. The molecule has 154 valence electrons. The lowest BCUT2D eigenvalue weighted by molar-refractivity contribution is -0.106. The van der Waals surface area contributed by atoms with Gasteiger partial charge in [-0.2, -0.15) is 0 Å². The normalized spacial score (nSPS) is 26.9. The van der Waals surface area contributed by atoms with Crippen molar-refractivity contribution in [2.24, 2.45) is 0 Å². The van der Waals surface area contributed by atoms with Crippen molar-refractivity contribution in [1.29, 1.82) is 0 Å². The lowest BCUT2D eigenvalue weighted by Gasteiger charge is -2.40. The number of methoxy groups -OCH3 is 1. The summed E-state index contributed by atoms with van der Waals surface area (Å²) in [5.41, 5.74) is -0.459. The molecule has 0 radical (unpaired) electrons. The Morgan fingerprint density at radius 2 is 1.83 bits per heavy atom. The van der Waals surface area contributed by atoms with Crippen molar-refractivity contribution in [2.75, 3.05) is 7.11 Å². The topological polar surface area (TPSA) is 51.6 Å². The van der Waals surface area contributed by atoms with Crippen LogP contribution in [-0.4, -0.2) is 17.2 Å². The molecule has 3 unspecified atom stereocenters. The highest BCUT2D eigenvalue weighted by atomic mass is 19.3. The molecular weight excluding hydrogens is 388 g/mol. The third-order valence-electron chi connectivity index (χ3n) is 6.45. The second kappa shape index (κ2) is 6.77. The molecular formula is C24H21F2NO3. The summed E-state index contributed by atoms with van der Waals surface area (Å²) in [4.78, 5) is 4.27. The van der Waals surface area contributed by atoms with E-state index in [1.165, 1.54) is 19.2 Å². The number of aromatic nitrogens is 1. The number of fused-ring (bicyclic) bond motifs is 3. The number of halogens is 2. The fraction of sp³-hybridized carbons (Fsp3) is 0.292. The second-order valence-electron chi connectivity index (χ2n) is 7.82. The Balaban J connectivity index is 1.75. The van der Waals surface area contributed by atoms with Gasteiger partial charge in [-0.15, -0.1) is 0 Å². The molecule has 5 rings (SSSR count). The number of hydrogen-bond acceptors (Lipinski definition) is 4. The first-order valence-corrected chi connectivity index (χ1v) is 9.89. The maximum atomic E-state index is 13.2. The summed E-state index contributed by atoms with van der Waals surface area (Å²) in [6.07, 6.45) is 0.106. The summed E-state index contributed by atoms with van der Waals surface area (Å²) < 4.78 is 38.3. The van der Waals surface area contributed by atoms with Crippen LogP contribution < -0.4 is 9.47 Å². The highest BCUT2D eigenvalue weighted by Gasteiger charge is 2.69. The van der Waals surface area contributed by atoms with E-state index < -0.39 is 17.6 Å². The Morgan fingerprint density at radius 1 is 1.10 bits per heavy atom. The van der Waals surface area contributed by atoms with Crippen molar-refractivity contribution in [3.05, 3.63) is 89.1 Å². The predicted molar refractivity (Wildman–Crippen MR) is 107 cm³/mol. The molecule has 2 heterocycles. The average molecular weight is 409 g/mol. The minimum atomic E-state index is -2.56. The zero-order chi connectivity index (χ0) is 20.9. The third kappa shape index (κ3) is 2.43. The van der Waals surface area contributed by atoms with Crippen LogP contribution in [-0.2, 0) is 11.2 Å². The van der Waals surface area contributed by atoms with Gasteiger partial charge in [-0.25, -0.2) is 13.8 Å². The summed E-state index contributed by atoms with van der Waals surface area (Å²) in [6.45, 7) is 0. The molecule has 30 heavy (non-hydrogen) atoms. The van der Waals surface area contributed by atoms with E-state index in [9.17, 15) is 13.9 Å². The first-order chi connectivity index (χ1) is 14.5. The number of benzene rings is 2. The number of hydrogen-bond donors (Lipinski definition) is 1. The number of ether oxygens (including phenoxy) is 2. The second-order valence-corrected chi connectivity index (χ2v) is 7.82. The van der Waals surface area contributed by atoms with Gasteiger partial charge in [0, 0.05) is 17.7 Å². The van der Waals surface area contributed by atoms with Gasteiger partial charge in [0.2, 0.25) is 5.88 Å². The first-order valence-electron chi connectivity index (χ1n) is 9.89. The zero-order valence-corrected chi connectivity index (χ0v) is 16.4. The van der Waals surface area contributed by atoms with Gasteiger partial charge in [0.05, 0.1) is 12.7 Å². The molecule has 0 spiro atoms. The standard InChI is InChI=1S/C24H21F2NO3/c1-29-22-20-19(12-14-27-22)30-24(17-9-7-16(8-10-17)21(25)26)18(11-13-23(20,24)28)15-5-3-2-4-6-15/h2-10,12,14,18,21,28H,11,13H2,1H3. The largest absolute Gasteiger partial charge is 0.481 e. The van der Waals surface area contributed by atoms with Gasteiger partial charge in [0.15, 0.2) is 5.60 Å².